The third-order valence-electron chi connectivity index (χ3n) is 2.47. The highest BCUT2D eigenvalue weighted by atomic mass is 35.5. The van der Waals surface area contributed by atoms with Crippen LogP contribution in [0.2, 0.25) is 4.34 Å². The van der Waals surface area contributed by atoms with Gasteiger partial charge in [-0.1, -0.05) is 35.5 Å². The maximum absolute atomic E-state index is 12.8. The van der Waals surface area contributed by atoms with Gasteiger partial charge >= 0.3 is 0 Å². The topological polar surface area (TPSA) is 38.9 Å². The van der Waals surface area contributed by atoms with E-state index in [0.29, 0.717) is 21.2 Å². The number of nitrogens with zero attached hydrogens (tertiary/aromatic N) is 2. The SMILES string of the molecule is Fc1ccc(CSc2nnc(-c3ccc(Cl)s3)o2)cc1. The van der Waals surface area contributed by atoms with E-state index in [4.69, 9.17) is 16.0 Å². The molecule has 102 valence electrons. The van der Waals surface area contributed by atoms with Gasteiger partial charge in [0.25, 0.3) is 11.1 Å². The number of thioether (sulfide) groups is 1. The number of halogens is 2. The van der Waals surface area contributed by atoms with E-state index in [-0.39, 0.29) is 5.82 Å². The van der Waals surface area contributed by atoms with Crippen molar-refractivity contribution in [2.75, 3.05) is 0 Å². The molecule has 0 aliphatic rings. The highest BCUT2D eigenvalue weighted by Gasteiger charge is 2.11. The first-order valence-electron chi connectivity index (χ1n) is 5.67. The molecular formula is C13H8ClFN2OS2. The molecule has 0 radical (unpaired) electrons. The van der Waals surface area contributed by atoms with Gasteiger partial charge in [0.1, 0.15) is 5.82 Å². The maximum Gasteiger partial charge on any atom is 0.277 e. The summed E-state index contributed by atoms with van der Waals surface area (Å²) in [6.45, 7) is 0. The molecule has 0 N–H and O–H groups in total. The smallest absolute Gasteiger partial charge is 0.277 e. The molecule has 0 aliphatic carbocycles. The fourth-order valence-corrected chi connectivity index (χ4v) is 3.21. The van der Waals surface area contributed by atoms with Crippen molar-refractivity contribution in [3.05, 3.63) is 52.1 Å². The molecule has 2 heterocycles. The van der Waals surface area contributed by atoms with Crippen LogP contribution in [0, 0.1) is 5.82 Å². The first kappa shape index (κ1) is 13.6. The van der Waals surface area contributed by atoms with Crippen LogP contribution in [-0.4, -0.2) is 10.2 Å². The molecule has 3 aromatic rings. The van der Waals surface area contributed by atoms with Crippen LogP contribution in [-0.2, 0) is 5.75 Å². The molecule has 0 fully saturated rings. The van der Waals surface area contributed by atoms with Crippen LogP contribution >= 0.6 is 34.7 Å². The minimum Gasteiger partial charge on any atom is -0.410 e. The normalized spacial score (nSPS) is 10.9. The Morgan fingerprint density at radius 3 is 2.65 bits per heavy atom. The van der Waals surface area contributed by atoms with Crippen LogP contribution in [0.25, 0.3) is 10.8 Å². The molecular weight excluding hydrogens is 319 g/mol. The van der Waals surface area contributed by atoms with E-state index in [1.165, 1.54) is 35.2 Å². The molecule has 2 aromatic heterocycles. The predicted molar refractivity (Wildman–Crippen MR) is 78.6 cm³/mol. The van der Waals surface area contributed by atoms with Crippen molar-refractivity contribution in [2.24, 2.45) is 0 Å². The summed E-state index contributed by atoms with van der Waals surface area (Å²) in [6, 6.07) is 9.97. The van der Waals surface area contributed by atoms with Gasteiger partial charge in [0.2, 0.25) is 0 Å². The Morgan fingerprint density at radius 1 is 1.15 bits per heavy atom. The van der Waals surface area contributed by atoms with Gasteiger partial charge in [0.15, 0.2) is 0 Å². The summed E-state index contributed by atoms with van der Waals surface area (Å²) < 4.78 is 19.0. The van der Waals surface area contributed by atoms with Crippen LogP contribution < -0.4 is 0 Å². The van der Waals surface area contributed by atoms with Crippen molar-refractivity contribution in [2.45, 2.75) is 11.0 Å². The molecule has 1 aromatic carbocycles. The van der Waals surface area contributed by atoms with E-state index in [1.807, 2.05) is 6.07 Å². The molecule has 0 spiro atoms. The first-order chi connectivity index (χ1) is 9.70. The van der Waals surface area contributed by atoms with Crippen LogP contribution in [0.3, 0.4) is 0 Å². The van der Waals surface area contributed by atoms with Gasteiger partial charge in [-0.2, -0.15) is 0 Å². The van der Waals surface area contributed by atoms with Gasteiger partial charge < -0.3 is 4.42 Å². The van der Waals surface area contributed by atoms with Gasteiger partial charge in [-0.15, -0.1) is 21.5 Å². The molecule has 0 saturated carbocycles. The Kier molecular flexibility index (Phi) is 4.05. The Bertz CT molecular complexity index is 711. The van der Waals surface area contributed by atoms with Crippen molar-refractivity contribution in [1.82, 2.24) is 10.2 Å². The quantitative estimate of drug-likeness (QED) is 0.640. The lowest BCUT2D eigenvalue weighted by molar-refractivity contribution is 0.466. The number of aromatic nitrogens is 2. The number of thiophene rings is 1. The summed E-state index contributed by atoms with van der Waals surface area (Å²) in [5.74, 6) is 0.865. The number of benzene rings is 1. The van der Waals surface area contributed by atoms with Crippen molar-refractivity contribution in [3.63, 3.8) is 0 Å². The lowest BCUT2D eigenvalue weighted by atomic mass is 10.2. The standard InChI is InChI=1S/C13H8ClFN2OS2/c14-11-6-5-10(20-11)12-16-17-13(18-12)19-7-8-1-3-9(15)4-2-8/h1-6H,7H2. The summed E-state index contributed by atoms with van der Waals surface area (Å²) in [5.41, 5.74) is 0.996. The minimum atomic E-state index is -0.242. The van der Waals surface area contributed by atoms with Gasteiger partial charge in [-0.25, -0.2) is 4.39 Å². The van der Waals surface area contributed by atoms with Crippen molar-refractivity contribution in [3.8, 4) is 10.8 Å². The molecule has 0 saturated heterocycles. The Morgan fingerprint density at radius 2 is 1.95 bits per heavy atom. The average Bonchev–Trinajstić information content (AvgIpc) is 3.07. The van der Waals surface area contributed by atoms with Crippen molar-refractivity contribution < 1.29 is 8.81 Å². The molecule has 3 nitrogen and oxygen atoms in total. The third kappa shape index (κ3) is 3.20. The lowest BCUT2D eigenvalue weighted by Gasteiger charge is -1.97. The highest BCUT2D eigenvalue weighted by molar-refractivity contribution is 7.98. The summed E-state index contributed by atoms with van der Waals surface area (Å²) in [6.07, 6.45) is 0. The van der Waals surface area contributed by atoms with Gasteiger partial charge in [-0.3, -0.25) is 0 Å². The highest BCUT2D eigenvalue weighted by Crippen LogP contribution is 2.32. The molecule has 20 heavy (non-hydrogen) atoms. The van der Waals surface area contributed by atoms with Gasteiger partial charge in [0.05, 0.1) is 9.21 Å². The van der Waals surface area contributed by atoms with E-state index in [2.05, 4.69) is 10.2 Å². The number of rotatable bonds is 4. The summed E-state index contributed by atoms with van der Waals surface area (Å²) in [5, 5.41) is 8.43. The van der Waals surface area contributed by atoms with Crippen LogP contribution in [0.4, 0.5) is 4.39 Å². The Hall–Kier alpha value is -1.37. The lowest BCUT2D eigenvalue weighted by Crippen LogP contribution is -1.81. The molecule has 7 heteroatoms. The van der Waals surface area contributed by atoms with Crippen LogP contribution in [0.5, 0.6) is 0 Å². The Labute approximate surface area is 127 Å². The third-order valence-corrected chi connectivity index (χ3v) is 4.57. The summed E-state index contributed by atoms with van der Waals surface area (Å²) in [7, 11) is 0. The van der Waals surface area contributed by atoms with E-state index < -0.39 is 0 Å². The van der Waals surface area contributed by atoms with E-state index in [0.717, 1.165) is 10.4 Å². The monoisotopic (exact) mass is 326 g/mol. The number of hydrogen-bond acceptors (Lipinski definition) is 5. The zero-order valence-corrected chi connectivity index (χ0v) is 12.4. The molecule has 3 rings (SSSR count). The molecule has 0 amide bonds. The Balaban J connectivity index is 1.67. The first-order valence-corrected chi connectivity index (χ1v) is 7.85. The second-order valence-electron chi connectivity index (χ2n) is 3.89. The van der Waals surface area contributed by atoms with E-state index in [9.17, 15) is 4.39 Å². The second kappa shape index (κ2) is 5.95. The van der Waals surface area contributed by atoms with Crippen molar-refractivity contribution >= 4 is 34.7 Å². The molecule has 0 unspecified atom stereocenters. The largest absolute Gasteiger partial charge is 0.410 e. The number of hydrogen-bond donors (Lipinski definition) is 0. The fraction of sp³-hybridized carbons (Fsp3) is 0.0769. The van der Waals surface area contributed by atoms with Crippen LogP contribution in [0.1, 0.15) is 5.56 Å². The second-order valence-corrected chi connectivity index (χ2v) is 6.53. The molecule has 0 bridgehead atoms. The maximum atomic E-state index is 12.8. The van der Waals surface area contributed by atoms with E-state index >= 15 is 0 Å². The minimum absolute atomic E-state index is 0.242. The molecule has 0 atom stereocenters. The van der Waals surface area contributed by atoms with E-state index in [1.54, 1.807) is 18.2 Å². The van der Waals surface area contributed by atoms with Crippen molar-refractivity contribution in [1.29, 1.82) is 0 Å². The zero-order chi connectivity index (χ0) is 13.9. The zero-order valence-electron chi connectivity index (χ0n) is 10.0. The average molecular weight is 327 g/mol. The van der Waals surface area contributed by atoms with Gasteiger partial charge in [-0.05, 0) is 29.8 Å². The summed E-state index contributed by atoms with van der Waals surface area (Å²) in [4.78, 5) is 0.844. The fourth-order valence-electron chi connectivity index (χ4n) is 1.52. The van der Waals surface area contributed by atoms with Gasteiger partial charge in [0, 0.05) is 5.75 Å². The predicted octanol–water partition coefficient (Wildman–Crippen LogP) is 4.88. The summed E-state index contributed by atoms with van der Waals surface area (Å²) >= 11 is 8.66. The van der Waals surface area contributed by atoms with Crippen LogP contribution in [0.15, 0.2) is 46.0 Å². The molecule has 0 aliphatic heterocycles.